The van der Waals surface area contributed by atoms with Gasteiger partial charge in [-0.15, -0.1) is 0 Å². The Balaban J connectivity index is 1.64. The van der Waals surface area contributed by atoms with Crippen LogP contribution in [0.5, 0.6) is 23.0 Å². The van der Waals surface area contributed by atoms with Crippen molar-refractivity contribution in [2.24, 2.45) is 0 Å². The third-order valence-corrected chi connectivity index (χ3v) is 4.54. The van der Waals surface area contributed by atoms with Crippen LogP contribution in [0.4, 0.5) is 11.5 Å². The predicted octanol–water partition coefficient (Wildman–Crippen LogP) is 3.85. The van der Waals surface area contributed by atoms with E-state index in [-0.39, 0.29) is 0 Å². The first-order chi connectivity index (χ1) is 13.7. The fourth-order valence-electron chi connectivity index (χ4n) is 3.19. The maximum Gasteiger partial charge on any atom is 0.203 e. The fraction of sp³-hybridized carbons (Fsp3) is 0.238. The summed E-state index contributed by atoms with van der Waals surface area (Å²) in [6, 6.07) is 11.5. The zero-order valence-corrected chi connectivity index (χ0v) is 16.0. The molecule has 7 nitrogen and oxygen atoms in total. The highest BCUT2D eigenvalue weighted by atomic mass is 16.5. The minimum Gasteiger partial charge on any atom is -0.493 e. The van der Waals surface area contributed by atoms with Gasteiger partial charge in [-0.3, -0.25) is 0 Å². The molecule has 0 bridgehead atoms. The number of ether oxygens (including phenoxy) is 4. The molecule has 144 valence electrons. The SMILES string of the molecule is COc1cc(Nc2ccnc(-c3ccc4c(c3)CCO4)n2)cc(OC)c1OC. The number of benzene rings is 2. The van der Waals surface area contributed by atoms with Crippen molar-refractivity contribution in [2.45, 2.75) is 6.42 Å². The third kappa shape index (κ3) is 3.38. The number of nitrogens with zero attached hydrogens (tertiary/aromatic N) is 2. The van der Waals surface area contributed by atoms with Gasteiger partial charge in [0, 0.05) is 36.0 Å². The maximum absolute atomic E-state index is 5.57. The zero-order valence-electron chi connectivity index (χ0n) is 16.0. The molecule has 0 radical (unpaired) electrons. The quantitative estimate of drug-likeness (QED) is 0.697. The molecule has 1 aliphatic rings. The van der Waals surface area contributed by atoms with E-state index in [0.717, 1.165) is 30.0 Å². The number of rotatable bonds is 6. The number of hydrogen-bond donors (Lipinski definition) is 1. The van der Waals surface area contributed by atoms with E-state index in [1.54, 1.807) is 27.5 Å². The molecule has 0 aliphatic carbocycles. The number of hydrogen-bond acceptors (Lipinski definition) is 7. The lowest BCUT2D eigenvalue weighted by Crippen LogP contribution is -2.00. The molecular formula is C21H21N3O4. The molecule has 1 aliphatic heterocycles. The van der Waals surface area contributed by atoms with E-state index in [1.807, 2.05) is 30.3 Å². The van der Waals surface area contributed by atoms with Crippen molar-refractivity contribution >= 4 is 11.5 Å². The molecule has 0 fully saturated rings. The van der Waals surface area contributed by atoms with Crippen LogP contribution < -0.4 is 24.3 Å². The van der Waals surface area contributed by atoms with E-state index < -0.39 is 0 Å². The maximum atomic E-state index is 5.57. The number of fused-ring (bicyclic) bond motifs is 1. The van der Waals surface area contributed by atoms with Gasteiger partial charge in [0.15, 0.2) is 17.3 Å². The van der Waals surface area contributed by atoms with Crippen molar-refractivity contribution in [3.8, 4) is 34.4 Å². The van der Waals surface area contributed by atoms with Crippen molar-refractivity contribution in [3.63, 3.8) is 0 Å². The van der Waals surface area contributed by atoms with Crippen molar-refractivity contribution in [2.75, 3.05) is 33.3 Å². The Bertz CT molecular complexity index is 982. The number of nitrogens with one attached hydrogen (secondary N) is 1. The molecule has 0 spiro atoms. The van der Waals surface area contributed by atoms with Crippen LogP contribution >= 0.6 is 0 Å². The van der Waals surface area contributed by atoms with Crippen LogP contribution in [0.15, 0.2) is 42.6 Å². The highest BCUT2D eigenvalue weighted by Crippen LogP contribution is 2.40. The van der Waals surface area contributed by atoms with Crippen LogP contribution in [0, 0.1) is 0 Å². The van der Waals surface area contributed by atoms with E-state index in [2.05, 4.69) is 21.4 Å². The van der Waals surface area contributed by atoms with E-state index >= 15 is 0 Å². The van der Waals surface area contributed by atoms with E-state index in [9.17, 15) is 0 Å². The second-order valence-corrected chi connectivity index (χ2v) is 6.23. The largest absolute Gasteiger partial charge is 0.493 e. The molecule has 7 heteroatoms. The lowest BCUT2D eigenvalue weighted by molar-refractivity contribution is 0.324. The average molecular weight is 379 g/mol. The first-order valence-electron chi connectivity index (χ1n) is 8.88. The van der Waals surface area contributed by atoms with Crippen LogP contribution in [-0.2, 0) is 6.42 Å². The van der Waals surface area contributed by atoms with Gasteiger partial charge in [-0.2, -0.15) is 0 Å². The van der Waals surface area contributed by atoms with E-state index in [1.165, 1.54) is 5.56 Å². The molecule has 0 unspecified atom stereocenters. The van der Waals surface area contributed by atoms with Gasteiger partial charge in [0.2, 0.25) is 5.75 Å². The van der Waals surface area contributed by atoms with Crippen molar-refractivity contribution in [3.05, 3.63) is 48.2 Å². The minimum absolute atomic E-state index is 0.541. The molecule has 2 aromatic carbocycles. The van der Waals surface area contributed by atoms with Gasteiger partial charge >= 0.3 is 0 Å². The fourth-order valence-corrected chi connectivity index (χ4v) is 3.19. The Morgan fingerprint density at radius 1 is 0.964 bits per heavy atom. The van der Waals surface area contributed by atoms with E-state index in [0.29, 0.717) is 28.9 Å². The highest BCUT2D eigenvalue weighted by Gasteiger charge is 2.15. The minimum atomic E-state index is 0.541. The molecule has 4 rings (SSSR count). The Kier molecular flexibility index (Phi) is 4.89. The smallest absolute Gasteiger partial charge is 0.203 e. The molecule has 0 saturated heterocycles. The van der Waals surface area contributed by atoms with E-state index in [4.69, 9.17) is 18.9 Å². The summed E-state index contributed by atoms with van der Waals surface area (Å²) in [6.45, 7) is 0.725. The van der Waals surface area contributed by atoms with Crippen LogP contribution in [0.1, 0.15) is 5.56 Å². The summed E-state index contributed by atoms with van der Waals surface area (Å²) in [7, 11) is 4.74. The summed E-state index contributed by atoms with van der Waals surface area (Å²) < 4.78 is 21.7. The van der Waals surface area contributed by atoms with Crippen LogP contribution in [0.3, 0.4) is 0 Å². The van der Waals surface area contributed by atoms with Gasteiger partial charge in [0.25, 0.3) is 0 Å². The van der Waals surface area contributed by atoms with Crippen molar-refractivity contribution in [1.82, 2.24) is 9.97 Å². The Hall–Kier alpha value is -3.48. The molecule has 3 aromatic rings. The molecule has 28 heavy (non-hydrogen) atoms. The highest BCUT2D eigenvalue weighted by molar-refractivity contribution is 5.68. The van der Waals surface area contributed by atoms with Gasteiger partial charge in [-0.25, -0.2) is 9.97 Å². The number of anilines is 2. The average Bonchev–Trinajstić information content (AvgIpc) is 3.21. The standard InChI is InChI=1S/C21H21N3O4/c1-25-17-11-15(12-18(26-2)20(17)27-3)23-19-6-8-22-21(24-19)14-4-5-16-13(10-14)7-9-28-16/h4-6,8,10-12H,7,9H2,1-3H3,(H,22,23,24). The second-order valence-electron chi connectivity index (χ2n) is 6.23. The van der Waals surface area contributed by atoms with Gasteiger partial charge in [-0.05, 0) is 29.8 Å². The lowest BCUT2D eigenvalue weighted by Gasteiger charge is -2.15. The zero-order chi connectivity index (χ0) is 19.5. The van der Waals surface area contributed by atoms with Crippen LogP contribution in [-0.4, -0.2) is 37.9 Å². The molecule has 0 atom stereocenters. The summed E-state index contributed by atoms with van der Waals surface area (Å²) >= 11 is 0. The Morgan fingerprint density at radius 2 is 1.75 bits per heavy atom. The predicted molar refractivity (Wildman–Crippen MR) is 106 cm³/mol. The monoisotopic (exact) mass is 379 g/mol. The van der Waals surface area contributed by atoms with Gasteiger partial charge < -0.3 is 24.3 Å². The second kappa shape index (κ2) is 7.64. The molecular weight excluding hydrogens is 358 g/mol. The normalized spacial score (nSPS) is 12.1. The van der Waals surface area contributed by atoms with Crippen LogP contribution in [0.25, 0.3) is 11.4 Å². The van der Waals surface area contributed by atoms with Crippen LogP contribution in [0.2, 0.25) is 0 Å². The molecule has 1 N–H and O–H groups in total. The summed E-state index contributed by atoms with van der Waals surface area (Å²) in [5, 5.41) is 3.28. The summed E-state index contributed by atoms with van der Waals surface area (Å²) in [4.78, 5) is 9.05. The molecule has 2 heterocycles. The molecule has 0 saturated carbocycles. The van der Waals surface area contributed by atoms with Gasteiger partial charge in [0.1, 0.15) is 11.6 Å². The third-order valence-electron chi connectivity index (χ3n) is 4.54. The summed E-state index contributed by atoms with van der Waals surface area (Å²) in [6.07, 6.45) is 2.64. The topological polar surface area (TPSA) is 74.7 Å². The summed E-state index contributed by atoms with van der Waals surface area (Å²) in [5.74, 6) is 3.92. The first kappa shape index (κ1) is 17.9. The van der Waals surface area contributed by atoms with Gasteiger partial charge in [0.05, 0.1) is 27.9 Å². The van der Waals surface area contributed by atoms with Crippen molar-refractivity contribution in [1.29, 1.82) is 0 Å². The molecule has 0 amide bonds. The number of aromatic nitrogens is 2. The van der Waals surface area contributed by atoms with Crippen molar-refractivity contribution < 1.29 is 18.9 Å². The van der Waals surface area contributed by atoms with Gasteiger partial charge in [-0.1, -0.05) is 0 Å². The molecule has 1 aromatic heterocycles. The summed E-state index contributed by atoms with van der Waals surface area (Å²) in [5.41, 5.74) is 2.91. The Morgan fingerprint density at radius 3 is 2.46 bits per heavy atom. The number of methoxy groups -OCH3 is 3. The lowest BCUT2D eigenvalue weighted by atomic mass is 10.1. The Labute approximate surface area is 163 Å². The first-order valence-corrected chi connectivity index (χ1v) is 8.88.